The number of carbonyl (C=O) groups excluding carboxylic acids is 4. The van der Waals surface area contributed by atoms with Crippen molar-refractivity contribution in [3.63, 3.8) is 0 Å². The SMILES string of the molecule is C=CC(=O)N(C=C(CCOC(=O)C(=C)CCC1CO1)C(=O)OC(=O)C(=C)CC)CS(=O)(=O)c1ccc(C)cc1. The molecule has 0 spiro atoms. The average molecular weight is 560 g/mol. The zero-order valence-corrected chi connectivity index (χ0v) is 23.0. The topological polar surface area (TPSA) is 137 Å². The molecule has 1 heterocycles. The summed E-state index contributed by atoms with van der Waals surface area (Å²) in [4.78, 5) is 50.5. The first kappa shape index (κ1) is 31.4. The molecule has 1 amide bonds. The van der Waals surface area contributed by atoms with Gasteiger partial charge in [-0.1, -0.05) is 44.4 Å². The molecule has 1 aromatic rings. The lowest BCUT2D eigenvalue weighted by atomic mass is 10.1. The monoisotopic (exact) mass is 559 g/mol. The Morgan fingerprint density at radius 1 is 1.05 bits per heavy atom. The number of amides is 1. The molecule has 1 unspecified atom stereocenters. The Kier molecular flexibility index (Phi) is 11.6. The Labute approximate surface area is 228 Å². The largest absolute Gasteiger partial charge is 0.462 e. The Bertz CT molecular complexity index is 1270. The first-order chi connectivity index (χ1) is 18.4. The van der Waals surface area contributed by atoms with Gasteiger partial charge in [0, 0.05) is 23.8 Å². The molecule has 1 atom stereocenters. The predicted molar refractivity (Wildman–Crippen MR) is 143 cm³/mol. The van der Waals surface area contributed by atoms with E-state index in [4.69, 9.17) is 14.2 Å². The molecule has 0 N–H and O–H groups in total. The third-order valence-electron chi connectivity index (χ3n) is 5.69. The normalized spacial score (nSPS) is 14.6. The molecule has 2 rings (SSSR count). The zero-order valence-electron chi connectivity index (χ0n) is 22.1. The molecular formula is C28H33NO9S. The molecular weight excluding hydrogens is 526 g/mol. The molecule has 0 aromatic heterocycles. The summed E-state index contributed by atoms with van der Waals surface area (Å²) in [6.07, 6.45) is 2.88. The summed E-state index contributed by atoms with van der Waals surface area (Å²) in [5.41, 5.74) is 0.812. The van der Waals surface area contributed by atoms with Gasteiger partial charge in [-0.25, -0.2) is 22.8 Å². The van der Waals surface area contributed by atoms with Crippen LogP contribution in [0.25, 0.3) is 0 Å². The number of sulfone groups is 1. The zero-order chi connectivity index (χ0) is 29.2. The van der Waals surface area contributed by atoms with Gasteiger partial charge >= 0.3 is 17.9 Å². The molecule has 1 aliphatic heterocycles. The van der Waals surface area contributed by atoms with Crippen molar-refractivity contribution in [3.8, 4) is 0 Å². The summed E-state index contributed by atoms with van der Waals surface area (Å²) in [5.74, 6) is -4.46. The lowest BCUT2D eigenvalue weighted by Gasteiger charge is -2.19. The highest BCUT2D eigenvalue weighted by atomic mass is 32.2. The lowest BCUT2D eigenvalue weighted by molar-refractivity contribution is -0.154. The standard InChI is InChI=1S/C28H33NO9S/c1-6-20(4)27(32)38-28(33)22(14-15-36-26(31)21(5)10-11-23-17-37-23)16-29(25(30)7-2)18-39(34,35)24-12-8-19(3)9-13-24/h7-9,12-13,16,23H,2,4-6,10-11,14-15,17-18H2,1,3H3. The summed E-state index contributed by atoms with van der Waals surface area (Å²) < 4.78 is 41.1. The van der Waals surface area contributed by atoms with Crippen LogP contribution in [0.5, 0.6) is 0 Å². The van der Waals surface area contributed by atoms with Crippen molar-refractivity contribution < 1.29 is 41.8 Å². The van der Waals surface area contributed by atoms with Crippen LogP contribution < -0.4 is 0 Å². The fraction of sp³-hybridized carbons (Fsp3) is 0.357. The van der Waals surface area contributed by atoms with Crippen molar-refractivity contribution >= 4 is 33.7 Å². The van der Waals surface area contributed by atoms with Gasteiger partial charge in [-0.05, 0) is 44.4 Å². The number of hydrogen-bond acceptors (Lipinski definition) is 9. The van der Waals surface area contributed by atoms with E-state index in [9.17, 15) is 27.6 Å². The molecule has 0 aliphatic carbocycles. The minimum absolute atomic E-state index is 0.0334. The highest BCUT2D eigenvalue weighted by Gasteiger charge is 2.26. The number of hydrogen-bond donors (Lipinski definition) is 0. The van der Waals surface area contributed by atoms with Crippen molar-refractivity contribution in [3.05, 3.63) is 78.6 Å². The Morgan fingerprint density at radius 3 is 2.26 bits per heavy atom. The smallest absolute Gasteiger partial charge is 0.343 e. The molecule has 0 bridgehead atoms. The van der Waals surface area contributed by atoms with E-state index in [1.165, 1.54) is 12.1 Å². The van der Waals surface area contributed by atoms with Crippen LogP contribution in [0.2, 0.25) is 0 Å². The maximum Gasteiger partial charge on any atom is 0.343 e. The second kappa shape index (κ2) is 14.4. The van der Waals surface area contributed by atoms with Gasteiger partial charge < -0.3 is 14.2 Å². The van der Waals surface area contributed by atoms with Crippen molar-refractivity contribution in [2.75, 3.05) is 19.1 Å². The van der Waals surface area contributed by atoms with Crippen LogP contribution in [0, 0.1) is 6.92 Å². The van der Waals surface area contributed by atoms with Gasteiger partial charge in [0.25, 0.3) is 5.91 Å². The summed E-state index contributed by atoms with van der Waals surface area (Å²) in [6.45, 7) is 14.3. The number of nitrogens with zero attached hydrogens (tertiary/aromatic N) is 1. The average Bonchev–Trinajstić information content (AvgIpc) is 3.74. The van der Waals surface area contributed by atoms with Gasteiger partial charge in [0.2, 0.25) is 0 Å². The van der Waals surface area contributed by atoms with E-state index in [2.05, 4.69) is 19.7 Å². The molecule has 210 valence electrons. The van der Waals surface area contributed by atoms with Crippen LogP contribution in [0.3, 0.4) is 0 Å². The molecule has 1 aromatic carbocycles. The second-order valence-electron chi connectivity index (χ2n) is 8.84. The first-order valence-corrected chi connectivity index (χ1v) is 13.9. The van der Waals surface area contributed by atoms with Gasteiger partial charge in [0.15, 0.2) is 9.84 Å². The summed E-state index contributed by atoms with van der Waals surface area (Å²) >= 11 is 0. The van der Waals surface area contributed by atoms with Crippen LogP contribution in [0.1, 0.15) is 38.2 Å². The third kappa shape index (κ3) is 10.1. The molecule has 11 heteroatoms. The molecule has 1 saturated heterocycles. The molecule has 0 radical (unpaired) electrons. The van der Waals surface area contributed by atoms with Crippen LogP contribution in [0.15, 0.2) is 77.9 Å². The molecule has 10 nitrogen and oxygen atoms in total. The number of rotatable bonds is 15. The lowest BCUT2D eigenvalue weighted by Crippen LogP contribution is -2.31. The first-order valence-electron chi connectivity index (χ1n) is 12.2. The minimum atomic E-state index is -4.02. The second-order valence-corrected chi connectivity index (χ2v) is 10.8. The van der Waals surface area contributed by atoms with Crippen molar-refractivity contribution in [2.45, 2.75) is 50.5 Å². The quantitative estimate of drug-likeness (QED) is 0.137. The maximum atomic E-state index is 13.0. The summed E-state index contributed by atoms with van der Waals surface area (Å²) in [6, 6.07) is 6.02. The van der Waals surface area contributed by atoms with Gasteiger partial charge in [-0.15, -0.1) is 0 Å². The van der Waals surface area contributed by atoms with Gasteiger partial charge in [0.05, 0.1) is 29.8 Å². The van der Waals surface area contributed by atoms with Crippen LogP contribution in [-0.4, -0.2) is 62.3 Å². The van der Waals surface area contributed by atoms with Crippen LogP contribution in [-0.2, 0) is 43.2 Å². The fourth-order valence-corrected chi connectivity index (χ4v) is 4.35. The van der Waals surface area contributed by atoms with E-state index in [1.54, 1.807) is 26.0 Å². The minimum Gasteiger partial charge on any atom is -0.462 e. The highest BCUT2D eigenvalue weighted by Crippen LogP contribution is 2.19. The number of esters is 3. The van der Waals surface area contributed by atoms with Crippen molar-refractivity contribution in [2.24, 2.45) is 0 Å². The van der Waals surface area contributed by atoms with E-state index in [1.807, 2.05) is 0 Å². The summed E-state index contributed by atoms with van der Waals surface area (Å²) in [5, 5.41) is 0. The van der Waals surface area contributed by atoms with Gasteiger partial charge in [-0.3, -0.25) is 9.69 Å². The van der Waals surface area contributed by atoms with E-state index >= 15 is 0 Å². The predicted octanol–water partition coefficient (Wildman–Crippen LogP) is 3.33. The van der Waals surface area contributed by atoms with Crippen molar-refractivity contribution in [1.29, 1.82) is 0 Å². The maximum absolute atomic E-state index is 13.0. The summed E-state index contributed by atoms with van der Waals surface area (Å²) in [7, 11) is -4.02. The Hall–Kier alpha value is -3.83. The molecule has 0 saturated carbocycles. The van der Waals surface area contributed by atoms with Crippen molar-refractivity contribution in [1.82, 2.24) is 4.90 Å². The molecule has 1 fully saturated rings. The Morgan fingerprint density at radius 2 is 1.69 bits per heavy atom. The van der Waals surface area contributed by atoms with E-state index in [0.717, 1.165) is 22.7 Å². The number of aryl methyl sites for hydroxylation is 1. The highest BCUT2D eigenvalue weighted by molar-refractivity contribution is 7.91. The Balaban J connectivity index is 2.26. The van der Waals surface area contributed by atoms with E-state index in [0.29, 0.717) is 19.4 Å². The van der Waals surface area contributed by atoms with Gasteiger partial charge in [0.1, 0.15) is 5.88 Å². The number of benzene rings is 1. The number of epoxide rings is 1. The van der Waals surface area contributed by atoms with Gasteiger partial charge in [-0.2, -0.15) is 0 Å². The fourth-order valence-electron chi connectivity index (χ4n) is 3.09. The molecule has 39 heavy (non-hydrogen) atoms. The number of carbonyl (C=O) groups is 4. The van der Waals surface area contributed by atoms with E-state index in [-0.39, 0.29) is 47.2 Å². The number of ether oxygens (including phenoxy) is 3. The molecule has 1 aliphatic rings. The van der Waals surface area contributed by atoms with Crippen LogP contribution >= 0.6 is 0 Å². The van der Waals surface area contributed by atoms with Crippen LogP contribution in [0.4, 0.5) is 0 Å². The van der Waals surface area contributed by atoms with E-state index < -0.39 is 39.5 Å². The third-order valence-corrected chi connectivity index (χ3v) is 7.29.